The molecule has 0 aliphatic heterocycles. The monoisotopic (exact) mass is 1650 g/mol. The molecule has 24 heteroatoms. The Labute approximate surface area is 546 Å². The van der Waals surface area contributed by atoms with Gasteiger partial charge in [-0.05, 0) is 70.3 Å². The summed E-state index contributed by atoms with van der Waals surface area (Å²) >= 11 is 0. The Kier molecular flexibility index (Phi) is 23.7. The van der Waals surface area contributed by atoms with Crippen molar-refractivity contribution in [2.75, 3.05) is 0 Å². The van der Waals surface area contributed by atoms with Crippen molar-refractivity contribution in [3.05, 3.63) is 304 Å². The summed E-state index contributed by atoms with van der Waals surface area (Å²) in [5.74, 6) is 0. The van der Waals surface area contributed by atoms with Crippen molar-refractivity contribution < 1.29 is 90.6 Å². The molecule has 14 aromatic rings. The number of hydrogen-bond acceptors (Lipinski definition) is 8. The van der Waals surface area contributed by atoms with Crippen molar-refractivity contribution in [3.63, 3.8) is 0 Å². The molecule has 14 rings (SSSR count). The van der Waals surface area contributed by atoms with Crippen molar-refractivity contribution in [2.45, 2.75) is 0 Å². The van der Waals surface area contributed by atoms with Gasteiger partial charge in [0.05, 0.1) is 22.1 Å². The predicted octanol–water partition coefficient (Wildman–Crippen LogP) is 22.5. The maximum atomic E-state index is 9.87. The van der Waals surface area contributed by atoms with E-state index in [4.69, 9.17) is 0 Å². The molecule has 0 aliphatic carbocycles. The van der Waals surface area contributed by atoms with E-state index in [1.807, 2.05) is 219 Å². The van der Waals surface area contributed by atoms with Crippen LogP contribution in [0.4, 0.5) is 50.4 Å². The SMILES string of the molecule is F[P-](F)(F)(F)(F)F.F[P-](F)(F)(F)(F)F.[Ir+3].[Ir+3].[c-]1cccc(-c2ccccc2)n1.[c-]1cccc(-c2ccccc2)n1.[c-]1cccc(-c2ccccc2)n1.[c-]1cccc(-c2ccccc2)n1.c1cnc2c(c1)cc(-c1cc3cccnc3c3ncccc13)c1cccnc12. The molecule has 0 unspecified atom stereocenters. The number of halogens is 12. The second-order valence-electron chi connectivity index (χ2n) is 18.8. The van der Waals surface area contributed by atoms with Gasteiger partial charge in [0.1, 0.15) is 0 Å². The Bertz CT molecular complexity index is 3950. The average Bonchev–Trinajstić information content (AvgIpc) is 1.50. The maximum absolute atomic E-state index is 10.7. The topological polar surface area (TPSA) is 103 Å². The van der Waals surface area contributed by atoms with Crippen LogP contribution in [0.15, 0.2) is 280 Å². The summed E-state index contributed by atoms with van der Waals surface area (Å²) in [7, 11) is -21.3. The van der Waals surface area contributed by atoms with Gasteiger partial charge in [-0.3, -0.25) is 19.9 Å². The standard InChI is InChI=1S/C24H14N4.4C11H8N.2F6P.2Ir/c1-5-15-13-19(17-7-3-11-27-23(17)21(15)25-9-1)20-14-16-6-2-10-26-22(16)24-18(20)8-4-12-28-24;4*1-2-6-10(7-3-1)11-8-4-5-9-12-11;2*1-7(2,3,4,5)6;;/h1-14H;4*1-8H;;;;/q;6*-1;2*+3. The van der Waals surface area contributed by atoms with Gasteiger partial charge in [-0.25, -0.2) is 0 Å². The molecule has 0 radical (unpaired) electrons. The van der Waals surface area contributed by atoms with Gasteiger partial charge in [0.25, 0.3) is 0 Å². The second-order valence-corrected chi connectivity index (χ2v) is 22.6. The minimum Gasteiger partial charge on any atom is -0.386 e. The molecule has 0 atom stereocenters. The van der Waals surface area contributed by atoms with Gasteiger partial charge in [0, 0.05) is 46.3 Å². The van der Waals surface area contributed by atoms with Crippen LogP contribution in [0.1, 0.15) is 0 Å². The molecule has 0 saturated heterocycles. The Morgan fingerprint density at radius 3 is 0.707 bits per heavy atom. The van der Waals surface area contributed by atoms with Gasteiger partial charge >= 0.3 is 106 Å². The zero-order valence-corrected chi connectivity index (χ0v) is 53.8. The molecule has 0 amide bonds. The Morgan fingerprint density at radius 2 is 0.478 bits per heavy atom. The van der Waals surface area contributed by atoms with E-state index < -0.39 is 15.6 Å². The van der Waals surface area contributed by atoms with Crippen LogP contribution in [-0.4, -0.2) is 39.9 Å². The van der Waals surface area contributed by atoms with Gasteiger partial charge in [0.2, 0.25) is 0 Å². The van der Waals surface area contributed by atoms with Gasteiger partial charge in [-0.2, -0.15) is 48.5 Å². The van der Waals surface area contributed by atoms with Crippen molar-refractivity contribution in [1.82, 2.24) is 39.9 Å². The maximum Gasteiger partial charge on any atom is 3.00 e. The molecule has 8 heterocycles. The normalized spacial score (nSPS) is 12.1. The Morgan fingerprint density at radius 1 is 0.250 bits per heavy atom. The van der Waals surface area contributed by atoms with Crippen LogP contribution in [0.25, 0.3) is 99.8 Å². The van der Waals surface area contributed by atoms with Gasteiger partial charge in [-0.15, -0.1) is 24.3 Å². The fourth-order valence-electron chi connectivity index (χ4n) is 8.38. The van der Waals surface area contributed by atoms with Crippen molar-refractivity contribution in [3.8, 4) is 56.2 Å². The van der Waals surface area contributed by atoms with E-state index in [2.05, 4.69) is 101 Å². The number of pyridine rings is 8. The first kappa shape index (κ1) is 71.9. The summed E-state index contributed by atoms with van der Waals surface area (Å²) < 4.78 is 118. The fraction of sp³-hybridized carbons (Fsp3) is 0. The molecule has 0 fully saturated rings. The minimum atomic E-state index is -10.7. The van der Waals surface area contributed by atoms with E-state index >= 15 is 0 Å². The summed E-state index contributed by atoms with van der Waals surface area (Å²) in [4.78, 5) is 34.9. The number of benzene rings is 6. The predicted molar refractivity (Wildman–Crippen MR) is 334 cm³/mol. The molecule has 0 aliphatic rings. The largest absolute Gasteiger partial charge is 3.00 e. The molecule has 8 aromatic heterocycles. The molecular formula is C68H46F12Ir2N8P2. The summed E-state index contributed by atoms with van der Waals surface area (Å²) in [5.41, 5.74) is 14.4. The van der Waals surface area contributed by atoms with E-state index in [0.29, 0.717) is 0 Å². The third-order valence-electron chi connectivity index (χ3n) is 11.9. The van der Waals surface area contributed by atoms with Crippen molar-refractivity contribution in [2.24, 2.45) is 0 Å². The smallest absolute Gasteiger partial charge is 0.386 e. The Hall–Kier alpha value is -9.12. The molecule has 470 valence electrons. The van der Waals surface area contributed by atoms with E-state index in [1.165, 1.54) is 0 Å². The van der Waals surface area contributed by atoms with E-state index in [9.17, 15) is 50.4 Å². The van der Waals surface area contributed by atoms with Crippen LogP contribution in [-0.2, 0) is 40.2 Å². The summed E-state index contributed by atoms with van der Waals surface area (Å²) in [6.07, 6.45) is 18.5. The molecule has 92 heavy (non-hydrogen) atoms. The van der Waals surface area contributed by atoms with Crippen molar-refractivity contribution >= 4 is 59.2 Å². The molecule has 0 bridgehead atoms. The number of hydrogen-bond donors (Lipinski definition) is 0. The third-order valence-corrected chi connectivity index (χ3v) is 11.9. The second kappa shape index (κ2) is 30.3. The van der Waals surface area contributed by atoms with Crippen LogP contribution in [0.3, 0.4) is 0 Å². The Balaban J connectivity index is 0.000000181. The van der Waals surface area contributed by atoms with Crippen LogP contribution in [0, 0.1) is 24.8 Å². The molecule has 6 aromatic carbocycles. The fourth-order valence-corrected chi connectivity index (χ4v) is 8.38. The minimum absolute atomic E-state index is 0. The number of aromatic nitrogens is 8. The quantitative estimate of drug-likeness (QED) is 0.0727. The first-order chi connectivity index (χ1) is 42.7. The van der Waals surface area contributed by atoms with Crippen molar-refractivity contribution in [1.29, 1.82) is 0 Å². The van der Waals surface area contributed by atoms with E-state index in [-0.39, 0.29) is 40.2 Å². The molecule has 0 N–H and O–H groups in total. The zero-order chi connectivity index (χ0) is 64.2. The van der Waals surface area contributed by atoms with Crippen LogP contribution >= 0.6 is 15.6 Å². The average molecular weight is 1650 g/mol. The summed E-state index contributed by atoms with van der Waals surface area (Å²) in [6.45, 7) is 0. The third kappa shape index (κ3) is 25.3. The van der Waals surface area contributed by atoms with E-state index in [1.54, 1.807) is 24.3 Å². The van der Waals surface area contributed by atoms with Crippen LogP contribution in [0.2, 0.25) is 0 Å². The zero-order valence-electron chi connectivity index (χ0n) is 47.2. The molecule has 8 nitrogen and oxygen atoms in total. The van der Waals surface area contributed by atoms with Gasteiger partial charge in [-0.1, -0.05) is 193 Å². The van der Waals surface area contributed by atoms with E-state index in [0.717, 1.165) is 99.8 Å². The van der Waals surface area contributed by atoms with Crippen LogP contribution < -0.4 is 0 Å². The first-order valence-corrected chi connectivity index (χ1v) is 30.6. The summed E-state index contributed by atoms with van der Waals surface area (Å²) in [5, 5.41) is 4.32. The molecular weight excluding hydrogens is 1600 g/mol. The number of fused-ring (bicyclic) bond motifs is 6. The number of rotatable bonds is 5. The summed E-state index contributed by atoms with van der Waals surface area (Å²) in [6, 6.07) is 83.9. The van der Waals surface area contributed by atoms with Gasteiger partial charge < -0.3 is 19.9 Å². The first-order valence-electron chi connectivity index (χ1n) is 26.6. The van der Waals surface area contributed by atoms with Crippen LogP contribution in [0.5, 0.6) is 0 Å². The number of nitrogens with zero attached hydrogens (tertiary/aromatic N) is 8. The van der Waals surface area contributed by atoms with Gasteiger partial charge in [0.15, 0.2) is 0 Å². The molecule has 0 spiro atoms. The molecule has 0 saturated carbocycles.